The predicted octanol–water partition coefficient (Wildman–Crippen LogP) is 4.26. The lowest BCUT2D eigenvalue weighted by Gasteiger charge is -2.12. The maximum absolute atomic E-state index is 12.3. The lowest BCUT2D eigenvalue weighted by Crippen LogP contribution is -2.32. The third-order valence-electron chi connectivity index (χ3n) is 4.18. The molecule has 2 amide bonds. The Kier molecular flexibility index (Phi) is 5.16. The van der Waals surface area contributed by atoms with Crippen molar-refractivity contribution in [3.63, 3.8) is 0 Å². The van der Waals surface area contributed by atoms with Gasteiger partial charge in [-0.3, -0.25) is 9.59 Å². The number of halogens is 1. The Labute approximate surface area is 146 Å². The molecule has 0 radical (unpaired) electrons. The monoisotopic (exact) mass is 342 g/mol. The van der Waals surface area contributed by atoms with Crippen LogP contribution < -0.4 is 10.6 Å². The van der Waals surface area contributed by atoms with Gasteiger partial charge >= 0.3 is 0 Å². The standard InChI is InChI=1S/C19H19ClN2O2/c20-15-8-10-17(11-9-15)22-19(24)14-5-3-4-13(12-14)18(23)21-16-6-1-2-7-16/h3-5,8-12,16H,1-2,6-7H2,(H,21,23)(H,22,24). The van der Waals surface area contributed by atoms with E-state index in [9.17, 15) is 9.59 Å². The molecule has 0 saturated heterocycles. The van der Waals surface area contributed by atoms with Crippen LogP contribution in [-0.4, -0.2) is 17.9 Å². The molecule has 3 rings (SSSR count). The van der Waals surface area contributed by atoms with E-state index in [1.807, 2.05) is 0 Å². The minimum Gasteiger partial charge on any atom is -0.349 e. The fourth-order valence-corrected chi connectivity index (χ4v) is 3.00. The van der Waals surface area contributed by atoms with Crippen LogP contribution in [0.25, 0.3) is 0 Å². The van der Waals surface area contributed by atoms with E-state index in [1.165, 1.54) is 0 Å². The molecule has 0 aliphatic heterocycles. The van der Waals surface area contributed by atoms with Gasteiger partial charge in [-0.05, 0) is 55.3 Å². The van der Waals surface area contributed by atoms with Gasteiger partial charge in [0.25, 0.3) is 11.8 Å². The van der Waals surface area contributed by atoms with Crippen LogP contribution in [0.15, 0.2) is 48.5 Å². The number of carbonyl (C=O) groups excluding carboxylic acids is 2. The molecular weight excluding hydrogens is 324 g/mol. The molecule has 2 N–H and O–H groups in total. The molecule has 124 valence electrons. The summed E-state index contributed by atoms with van der Waals surface area (Å²) in [6.07, 6.45) is 4.38. The second-order valence-corrected chi connectivity index (χ2v) is 6.43. The van der Waals surface area contributed by atoms with Crippen LogP contribution in [0.3, 0.4) is 0 Å². The highest BCUT2D eigenvalue weighted by Gasteiger charge is 2.18. The van der Waals surface area contributed by atoms with Crippen molar-refractivity contribution in [1.82, 2.24) is 5.32 Å². The first-order chi connectivity index (χ1) is 11.6. The molecule has 4 nitrogen and oxygen atoms in total. The van der Waals surface area contributed by atoms with Gasteiger partial charge in [0.2, 0.25) is 0 Å². The molecular formula is C19H19ClN2O2. The molecule has 2 aromatic carbocycles. The van der Waals surface area contributed by atoms with Gasteiger partial charge in [-0.25, -0.2) is 0 Å². The fraction of sp³-hybridized carbons (Fsp3) is 0.263. The van der Waals surface area contributed by atoms with Crippen molar-refractivity contribution >= 4 is 29.1 Å². The normalized spacial score (nSPS) is 14.4. The smallest absolute Gasteiger partial charge is 0.255 e. The molecule has 0 bridgehead atoms. The van der Waals surface area contributed by atoms with E-state index in [2.05, 4.69) is 10.6 Å². The van der Waals surface area contributed by atoms with Crippen LogP contribution in [-0.2, 0) is 0 Å². The Morgan fingerprint density at radius 1 is 0.917 bits per heavy atom. The van der Waals surface area contributed by atoms with Gasteiger partial charge in [0.05, 0.1) is 0 Å². The van der Waals surface area contributed by atoms with Gasteiger partial charge in [-0.15, -0.1) is 0 Å². The van der Waals surface area contributed by atoms with Crippen LogP contribution in [0.5, 0.6) is 0 Å². The van der Waals surface area contributed by atoms with Gasteiger partial charge in [-0.2, -0.15) is 0 Å². The third kappa shape index (κ3) is 4.15. The summed E-state index contributed by atoms with van der Waals surface area (Å²) in [5, 5.41) is 6.44. The molecule has 5 heteroatoms. The highest BCUT2D eigenvalue weighted by molar-refractivity contribution is 6.30. The van der Waals surface area contributed by atoms with Gasteiger partial charge < -0.3 is 10.6 Å². The molecule has 0 atom stereocenters. The summed E-state index contributed by atoms with van der Waals surface area (Å²) in [6.45, 7) is 0. The zero-order valence-electron chi connectivity index (χ0n) is 13.2. The summed E-state index contributed by atoms with van der Waals surface area (Å²) in [5.74, 6) is -0.379. The summed E-state index contributed by atoms with van der Waals surface area (Å²) < 4.78 is 0. The number of rotatable bonds is 4. The van der Waals surface area contributed by atoms with E-state index in [0.717, 1.165) is 25.7 Å². The number of carbonyl (C=O) groups is 2. The maximum Gasteiger partial charge on any atom is 0.255 e. The fourth-order valence-electron chi connectivity index (χ4n) is 2.88. The lowest BCUT2D eigenvalue weighted by molar-refractivity contribution is 0.0938. The van der Waals surface area contributed by atoms with Crippen LogP contribution in [0.1, 0.15) is 46.4 Å². The first-order valence-corrected chi connectivity index (χ1v) is 8.47. The Hall–Kier alpha value is -2.33. The van der Waals surface area contributed by atoms with E-state index in [-0.39, 0.29) is 17.9 Å². The summed E-state index contributed by atoms with van der Waals surface area (Å²) in [5.41, 5.74) is 1.61. The second kappa shape index (κ2) is 7.49. The molecule has 0 heterocycles. The summed E-state index contributed by atoms with van der Waals surface area (Å²) in [6, 6.07) is 13.9. The molecule has 24 heavy (non-hydrogen) atoms. The van der Waals surface area contributed by atoms with Gasteiger partial charge in [-0.1, -0.05) is 30.5 Å². The van der Waals surface area contributed by atoms with Crippen LogP contribution in [0, 0.1) is 0 Å². The van der Waals surface area contributed by atoms with Crippen molar-refractivity contribution in [3.05, 3.63) is 64.7 Å². The molecule has 0 spiro atoms. The minimum atomic E-state index is -0.257. The zero-order chi connectivity index (χ0) is 16.9. The van der Waals surface area contributed by atoms with Crippen molar-refractivity contribution in [1.29, 1.82) is 0 Å². The number of nitrogens with one attached hydrogen (secondary N) is 2. The highest BCUT2D eigenvalue weighted by atomic mass is 35.5. The summed E-state index contributed by atoms with van der Waals surface area (Å²) >= 11 is 5.83. The number of amides is 2. The summed E-state index contributed by atoms with van der Waals surface area (Å²) in [4.78, 5) is 24.7. The van der Waals surface area contributed by atoms with Crippen molar-refractivity contribution in [2.75, 3.05) is 5.32 Å². The van der Waals surface area contributed by atoms with E-state index in [1.54, 1.807) is 48.5 Å². The van der Waals surface area contributed by atoms with Crippen molar-refractivity contribution < 1.29 is 9.59 Å². The first kappa shape index (κ1) is 16.5. The molecule has 2 aromatic rings. The molecule has 1 fully saturated rings. The Bertz CT molecular complexity index is 737. The third-order valence-corrected chi connectivity index (χ3v) is 4.43. The summed E-state index contributed by atoms with van der Waals surface area (Å²) in [7, 11) is 0. The number of hydrogen-bond donors (Lipinski definition) is 2. The average Bonchev–Trinajstić information content (AvgIpc) is 3.10. The van der Waals surface area contributed by atoms with E-state index >= 15 is 0 Å². The lowest BCUT2D eigenvalue weighted by atomic mass is 10.1. The van der Waals surface area contributed by atoms with E-state index in [0.29, 0.717) is 21.8 Å². The largest absolute Gasteiger partial charge is 0.349 e. The number of benzene rings is 2. The van der Waals surface area contributed by atoms with Crippen LogP contribution >= 0.6 is 11.6 Å². The van der Waals surface area contributed by atoms with Gasteiger partial charge in [0.1, 0.15) is 0 Å². The van der Waals surface area contributed by atoms with Crippen molar-refractivity contribution in [2.45, 2.75) is 31.7 Å². The number of hydrogen-bond acceptors (Lipinski definition) is 2. The Morgan fingerprint density at radius 3 is 2.21 bits per heavy atom. The van der Waals surface area contributed by atoms with Crippen molar-refractivity contribution in [2.24, 2.45) is 0 Å². The Balaban J connectivity index is 1.68. The minimum absolute atomic E-state index is 0.122. The molecule has 1 aliphatic rings. The topological polar surface area (TPSA) is 58.2 Å². The Morgan fingerprint density at radius 2 is 1.54 bits per heavy atom. The number of anilines is 1. The van der Waals surface area contributed by atoms with Gasteiger partial charge in [0, 0.05) is 27.9 Å². The molecule has 1 saturated carbocycles. The molecule has 1 aliphatic carbocycles. The van der Waals surface area contributed by atoms with Crippen LogP contribution in [0.2, 0.25) is 5.02 Å². The zero-order valence-corrected chi connectivity index (χ0v) is 14.0. The average molecular weight is 343 g/mol. The predicted molar refractivity (Wildman–Crippen MR) is 95.6 cm³/mol. The second-order valence-electron chi connectivity index (χ2n) is 6.00. The molecule has 0 unspecified atom stereocenters. The first-order valence-electron chi connectivity index (χ1n) is 8.10. The van der Waals surface area contributed by atoms with E-state index < -0.39 is 0 Å². The van der Waals surface area contributed by atoms with E-state index in [4.69, 9.17) is 11.6 Å². The molecule has 0 aromatic heterocycles. The maximum atomic E-state index is 12.3. The quantitative estimate of drug-likeness (QED) is 0.872. The highest BCUT2D eigenvalue weighted by Crippen LogP contribution is 2.19. The SMILES string of the molecule is O=C(Nc1ccc(Cl)cc1)c1cccc(C(=O)NC2CCCC2)c1. The van der Waals surface area contributed by atoms with Gasteiger partial charge in [0.15, 0.2) is 0 Å². The van der Waals surface area contributed by atoms with Crippen LogP contribution in [0.4, 0.5) is 5.69 Å². The van der Waals surface area contributed by atoms with Crippen molar-refractivity contribution in [3.8, 4) is 0 Å².